The highest BCUT2D eigenvalue weighted by molar-refractivity contribution is 14.1. The molecule has 0 saturated carbocycles. The number of hydrogen-bond donors (Lipinski definition) is 0. The Morgan fingerprint density at radius 2 is 2.25 bits per heavy atom. The van der Waals surface area contributed by atoms with Gasteiger partial charge in [-0.1, -0.05) is 11.6 Å². The zero-order valence-corrected chi connectivity index (χ0v) is 11.3. The van der Waals surface area contributed by atoms with Crippen molar-refractivity contribution in [3.63, 3.8) is 0 Å². The molecule has 2 aromatic rings. The molecule has 2 rings (SSSR count). The van der Waals surface area contributed by atoms with Gasteiger partial charge in [0, 0.05) is 19.4 Å². The predicted octanol–water partition coefficient (Wildman–Crippen LogP) is 1.28. The summed E-state index contributed by atoms with van der Waals surface area (Å²) in [5.74, 6) is 0.794. The number of imidazole rings is 1. The van der Waals surface area contributed by atoms with Crippen LogP contribution in [-0.4, -0.2) is 19.1 Å². The van der Waals surface area contributed by atoms with Gasteiger partial charge in [0.1, 0.15) is 14.5 Å². The fraction of sp³-hybridized carbons (Fsp3) is 0.222. The fourth-order valence-electron chi connectivity index (χ4n) is 1.26. The maximum atomic E-state index is 11.8. The molecule has 0 amide bonds. The van der Waals surface area contributed by atoms with Gasteiger partial charge in [0.25, 0.3) is 5.56 Å². The molecule has 0 N–H and O–H groups in total. The normalized spacial score (nSPS) is 10.7. The minimum absolute atomic E-state index is 0.149. The molecule has 0 radical (unpaired) electrons. The first-order valence-corrected chi connectivity index (χ1v) is 5.92. The van der Waals surface area contributed by atoms with Crippen LogP contribution in [0.1, 0.15) is 5.82 Å². The van der Waals surface area contributed by atoms with Gasteiger partial charge in [0.05, 0.1) is 12.9 Å². The van der Waals surface area contributed by atoms with Crippen molar-refractivity contribution in [1.29, 1.82) is 0 Å². The number of rotatable bonds is 2. The van der Waals surface area contributed by atoms with E-state index < -0.39 is 0 Å². The van der Waals surface area contributed by atoms with Gasteiger partial charge in [-0.3, -0.25) is 9.36 Å². The van der Waals surface area contributed by atoms with Crippen molar-refractivity contribution in [2.45, 2.75) is 6.54 Å². The molecule has 84 valence electrons. The van der Waals surface area contributed by atoms with Gasteiger partial charge in [-0.2, -0.15) is 0 Å². The van der Waals surface area contributed by atoms with E-state index in [9.17, 15) is 4.79 Å². The Kier molecular flexibility index (Phi) is 3.29. The smallest absolute Gasteiger partial charge is 0.268 e. The van der Waals surface area contributed by atoms with Crippen molar-refractivity contribution in [3.05, 3.63) is 43.6 Å². The van der Waals surface area contributed by atoms with Crippen LogP contribution in [0.15, 0.2) is 23.5 Å². The van der Waals surface area contributed by atoms with E-state index in [-0.39, 0.29) is 10.7 Å². The van der Waals surface area contributed by atoms with Crippen molar-refractivity contribution in [2.75, 3.05) is 0 Å². The molecule has 0 aliphatic carbocycles. The number of hydrogen-bond acceptors (Lipinski definition) is 3. The molecule has 0 fully saturated rings. The largest absolute Gasteiger partial charge is 0.337 e. The first kappa shape index (κ1) is 11.6. The van der Waals surface area contributed by atoms with E-state index in [0.29, 0.717) is 10.1 Å². The van der Waals surface area contributed by atoms with E-state index in [1.807, 2.05) is 40.4 Å². The standard InChI is InChI=1S/C9H8ClIN4O/c1-14-3-2-12-6(14)4-15-5-13-8(10)7(11)9(15)16/h2-3,5H,4H2,1H3. The second-order valence-corrected chi connectivity index (χ2v) is 4.67. The molecule has 0 spiro atoms. The SMILES string of the molecule is Cn1ccnc1Cn1cnc(Cl)c(I)c1=O. The van der Waals surface area contributed by atoms with E-state index in [2.05, 4.69) is 9.97 Å². The van der Waals surface area contributed by atoms with Gasteiger partial charge < -0.3 is 4.57 Å². The summed E-state index contributed by atoms with van der Waals surface area (Å²) in [6, 6.07) is 0. The van der Waals surface area contributed by atoms with Gasteiger partial charge >= 0.3 is 0 Å². The van der Waals surface area contributed by atoms with Crippen LogP contribution in [0.25, 0.3) is 0 Å². The molecule has 0 atom stereocenters. The molecule has 5 nitrogen and oxygen atoms in total. The van der Waals surface area contributed by atoms with Crippen molar-refractivity contribution in [2.24, 2.45) is 7.05 Å². The molecule has 0 aromatic carbocycles. The van der Waals surface area contributed by atoms with E-state index in [1.165, 1.54) is 10.9 Å². The lowest BCUT2D eigenvalue weighted by atomic mass is 10.5. The summed E-state index contributed by atoms with van der Waals surface area (Å²) in [5.41, 5.74) is -0.149. The van der Waals surface area contributed by atoms with E-state index in [0.717, 1.165) is 5.82 Å². The number of aromatic nitrogens is 4. The second-order valence-electron chi connectivity index (χ2n) is 3.24. The summed E-state index contributed by atoms with van der Waals surface area (Å²) < 4.78 is 3.76. The second kappa shape index (κ2) is 4.54. The molecule has 0 saturated heterocycles. The van der Waals surface area contributed by atoms with Crippen LogP contribution in [0, 0.1) is 3.57 Å². The Morgan fingerprint density at radius 3 is 2.88 bits per heavy atom. The van der Waals surface area contributed by atoms with Gasteiger partial charge in [-0.15, -0.1) is 0 Å². The van der Waals surface area contributed by atoms with Crippen molar-refractivity contribution in [3.8, 4) is 0 Å². The minimum atomic E-state index is -0.149. The number of halogens is 2. The fourth-order valence-corrected chi connectivity index (χ4v) is 1.83. The summed E-state index contributed by atoms with van der Waals surface area (Å²) in [5, 5.41) is 0.238. The first-order valence-electron chi connectivity index (χ1n) is 4.46. The highest BCUT2D eigenvalue weighted by atomic mass is 127. The molecular weight excluding hydrogens is 342 g/mol. The van der Waals surface area contributed by atoms with Crippen molar-refractivity contribution in [1.82, 2.24) is 19.1 Å². The molecule has 16 heavy (non-hydrogen) atoms. The van der Waals surface area contributed by atoms with Gasteiger partial charge in [-0.05, 0) is 22.6 Å². The van der Waals surface area contributed by atoms with Gasteiger partial charge in [-0.25, -0.2) is 9.97 Å². The summed E-state index contributed by atoms with van der Waals surface area (Å²) in [7, 11) is 1.88. The summed E-state index contributed by atoms with van der Waals surface area (Å²) in [4.78, 5) is 19.9. The molecule has 0 aliphatic heterocycles. The van der Waals surface area contributed by atoms with Crippen LogP contribution in [0.2, 0.25) is 5.15 Å². The van der Waals surface area contributed by atoms with Crippen molar-refractivity contribution < 1.29 is 0 Å². The van der Waals surface area contributed by atoms with E-state index in [1.54, 1.807) is 6.20 Å². The lowest BCUT2D eigenvalue weighted by Gasteiger charge is -2.06. The van der Waals surface area contributed by atoms with Crippen LogP contribution in [0.5, 0.6) is 0 Å². The Morgan fingerprint density at radius 1 is 1.50 bits per heavy atom. The molecule has 7 heteroatoms. The highest BCUT2D eigenvalue weighted by Crippen LogP contribution is 2.09. The molecule has 0 aliphatic rings. The van der Waals surface area contributed by atoms with Gasteiger partial charge in [0.15, 0.2) is 0 Å². The molecule has 2 heterocycles. The first-order chi connectivity index (χ1) is 7.59. The van der Waals surface area contributed by atoms with Crippen LogP contribution in [0.3, 0.4) is 0 Å². The minimum Gasteiger partial charge on any atom is -0.337 e. The van der Waals surface area contributed by atoms with Crippen LogP contribution >= 0.6 is 34.2 Å². The van der Waals surface area contributed by atoms with Crippen LogP contribution in [0.4, 0.5) is 0 Å². The number of aryl methyl sites for hydroxylation is 1. The average Bonchev–Trinajstić information content (AvgIpc) is 2.65. The Bertz CT molecular complexity index is 577. The number of nitrogens with zero attached hydrogens (tertiary/aromatic N) is 4. The Hall–Kier alpha value is -0.890. The van der Waals surface area contributed by atoms with E-state index >= 15 is 0 Å². The van der Waals surface area contributed by atoms with Crippen LogP contribution < -0.4 is 5.56 Å². The maximum Gasteiger partial charge on any atom is 0.268 e. The predicted molar refractivity (Wildman–Crippen MR) is 68.5 cm³/mol. The third kappa shape index (κ3) is 2.12. The lowest BCUT2D eigenvalue weighted by molar-refractivity contribution is 0.663. The zero-order valence-electron chi connectivity index (χ0n) is 8.39. The van der Waals surface area contributed by atoms with Crippen molar-refractivity contribution >= 4 is 34.2 Å². The monoisotopic (exact) mass is 350 g/mol. The summed E-state index contributed by atoms with van der Waals surface area (Å²) >= 11 is 7.64. The van der Waals surface area contributed by atoms with Gasteiger partial charge in [0.2, 0.25) is 0 Å². The zero-order chi connectivity index (χ0) is 11.7. The molecule has 2 aromatic heterocycles. The Balaban J connectivity index is 2.40. The van der Waals surface area contributed by atoms with Crippen LogP contribution in [-0.2, 0) is 13.6 Å². The maximum absolute atomic E-state index is 11.8. The summed E-state index contributed by atoms with van der Waals surface area (Å²) in [6.07, 6.45) is 4.95. The summed E-state index contributed by atoms with van der Waals surface area (Å²) in [6.45, 7) is 0.391. The topological polar surface area (TPSA) is 52.7 Å². The lowest BCUT2D eigenvalue weighted by Crippen LogP contribution is -2.24. The average molecular weight is 351 g/mol. The molecule has 0 unspecified atom stereocenters. The Labute approximate surface area is 110 Å². The quantitative estimate of drug-likeness (QED) is 0.606. The third-order valence-corrected chi connectivity index (χ3v) is 3.75. The third-order valence-electron chi connectivity index (χ3n) is 2.17. The molecule has 0 bridgehead atoms. The van der Waals surface area contributed by atoms with E-state index in [4.69, 9.17) is 11.6 Å². The highest BCUT2D eigenvalue weighted by Gasteiger charge is 2.08. The molecular formula is C9H8ClIN4O.